The van der Waals surface area contributed by atoms with Gasteiger partial charge in [0.1, 0.15) is 0 Å². The number of nitrogens with zero attached hydrogens (tertiary/aromatic N) is 2. The number of aryl methyl sites for hydroxylation is 1. The smallest absolute Gasteiger partial charge is 0.290 e. The topological polar surface area (TPSA) is 70.4 Å². The third kappa shape index (κ3) is 3.98. The van der Waals surface area contributed by atoms with Crippen LogP contribution in [0.1, 0.15) is 11.3 Å². The number of carbonyl (C=O) groups excluding carboxylic acids is 1. The van der Waals surface area contributed by atoms with Gasteiger partial charge in [-0.25, -0.2) is 12.7 Å². The number of sulfonamides is 1. The average molecular weight is 348 g/mol. The second-order valence-corrected chi connectivity index (χ2v) is 7.92. The van der Waals surface area contributed by atoms with Crippen LogP contribution >= 0.6 is 0 Å². The van der Waals surface area contributed by atoms with E-state index in [0.717, 1.165) is 15.6 Å². The molecule has 2 rings (SSSR count). The summed E-state index contributed by atoms with van der Waals surface area (Å²) in [4.78, 5) is 12.4. The number of benzene rings is 1. The van der Waals surface area contributed by atoms with E-state index in [9.17, 15) is 13.2 Å². The van der Waals surface area contributed by atoms with E-state index in [1.54, 1.807) is 12.1 Å². The summed E-state index contributed by atoms with van der Waals surface area (Å²) in [5.41, 5.74) is 2.56. The summed E-state index contributed by atoms with van der Waals surface area (Å²) in [6.45, 7) is 4.10. The maximum absolute atomic E-state index is 12.2. The van der Waals surface area contributed by atoms with Gasteiger partial charge in [0.15, 0.2) is 11.9 Å². The van der Waals surface area contributed by atoms with Crippen LogP contribution < -0.4 is 9.88 Å². The van der Waals surface area contributed by atoms with Crippen LogP contribution in [-0.4, -0.2) is 32.7 Å². The molecule has 1 N–H and O–H groups in total. The minimum Gasteiger partial charge on any atom is -0.321 e. The Hall–Kier alpha value is -2.25. The summed E-state index contributed by atoms with van der Waals surface area (Å²) in [5, 5.41) is 2.75. The highest BCUT2D eigenvalue weighted by atomic mass is 32.2. The standard InChI is InChI=1S/C17H21N3O3S/c1-13-7-6-10-20(14(13)2)12-17(21)18-15-8-5-9-16(11-15)24(22,23)19(3)4/h5-11H,12H2,1-4H3/p+1. The molecule has 0 unspecified atom stereocenters. The van der Waals surface area contributed by atoms with E-state index in [1.165, 1.54) is 26.2 Å². The molecule has 0 aliphatic heterocycles. The largest absolute Gasteiger partial charge is 0.321 e. The van der Waals surface area contributed by atoms with E-state index in [0.29, 0.717) is 5.69 Å². The molecule has 1 amide bonds. The van der Waals surface area contributed by atoms with E-state index < -0.39 is 10.0 Å². The molecule has 0 atom stereocenters. The van der Waals surface area contributed by atoms with Crippen LogP contribution in [-0.2, 0) is 21.4 Å². The number of pyridine rings is 1. The number of hydrogen-bond acceptors (Lipinski definition) is 3. The van der Waals surface area contributed by atoms with Gasteiger partial charge >= 0.3 is 0 Å². The predicted molar refractivity (Wildman–Crippen MR) is 92.1 cm³/mol. The lowest BCUT2D eigenvalue weighted by Crippen LogP contribution is -2.43. The molecule has 0 fully saturated rings. The van der Waals surface area contributed by atoms with Gasteiger partial charge in [-0.05, 0) is 31.2 Å². The second-order valence-electron chi connectivity index (χ2n) is 5.77. The number of hydrogen-bond donors (Lipinski definition) is 1. The van der Waals surface area contributed by atoms with Crippen molar-refractivity contribution in [2.45, 2.75) is 25.3 Å². The van der Waals surface area contributed by atoms with Crippen LogP contribution in [0.3, 0.4) is 0 Å². The zero-order chi connectivity index (χ0) is 17.9. The molecular formula is C17H22N3O3S+. The molecule has 0 spiro atoms. The zero-order valence-electron chi connectivity index (χ0n) is 14.3. The molecule has 24 heavy (non-hydrogen) atoms. The van der Waals surface area contributed by atoms with Crippen molar-refractivity contribution in [1.29, 1.82) is 0 Å². The molecule has 0 bridgehead atoms. The van der Waals surface area contributed by atoms with Gasteiger partial charge in [-0.3, -0.25) is 4.79 Å². The molecule has 0 radical (unpaired) electrons. The van der Waals surface area contributed by atoms with Crippen molar-refractivity contribution in [2.24, 2.45) is 0 Å². The average Bonchev–Trinajstić information content (AvgIpc) is 2.52. The summed E-state index contributed by atoms with van der Waals surface area (Å²) >= 11 is 0. The Morgan fingerprint density at radius 2 is 1.88 bits per heavy atom. The number of aromatic nitrogens is 1. The van der Waals surface area contributed by atoms with Crippen molar-refractivity contribution in [1.82, 2.24) is 4.31 Å². The van der Waals surface area contributed by atoms with Crippen LogP contribution in [0.4, 0.5) is 5.69 Å². The van der Waals surface area contributed by atoms with Crippen molar-refractivity contribution < 1.29 is 17.8 Å². The zero-order valence-corrected chi connectivity index (χ0v) is 15.1. The Balaban J connectivity index is 2.17. The van der Waals surface area contributed by atoms with Crippen molar-refractivity contribution in [2.75, 3.05) is 19.4 Å². The van der Waals surface area contributed by atoms with Crippen molar-refractivity contribution in [3.8, 4) is 0 Å². The fraction of sp³-hybridized carbons (Fsp3) is 0.294. The van der Waals surface area contributed by atoms with Gasteiger partial charge in [-0.2, -0.15) is 4.57 Å². The van der Waals surface area contributed by atoms with Gasteiger partial charge in [0.2, 0.25) is 16.6 Å². The number of anilines is 1. The van der Waals surface area contributed by atoms with Gasteiger partial charge in [0.05, 0.1) is 4.90 Å². The van der Waals surface area contributed by atoms with Crippen LogP contribution in [0.15, 0.2) is 47.5 Å². The number of rotatable bonds is 5. The van der Waals surface area contributed by atoms with Gasteiger partial charge in [0.25, 0.3) is 5.91 Å². The first-order valence-corrected chi connectivity index (χ1v) is 8.94. The lowest BCUT2D eigenvalue weighted by atomic mass is 10.2. The summed E-state index contributed by atoms with van der Waals surface area (Å²) in [6, 6.07) is 10.1. The molecule has 0 saturated heterocycles. The highest BCUT2D eigenvalue weighted by Crippen LogP contribution is 2.17. The first kappa shape index (κ1) is 18.1. The van der Waals surface area contributed by atoms with Crippen LogP contribution in [0.2, 0.25) is 0 Å². The molecule has 0 aliphatic rings. The molecule has 128 valence electrons. The lowest BCUT2D eigenvalue weighted by Gasteiger charge is -2.12. The van der Waals surface area contributed by atoms with E-state index in [-0.39, 0.29) is 17.3 Å². The first-order chi connectivity index (χ1) is 11.2. The molecule has 0 aliphatic carbocycles. The summed E-state index contributed by atoms with van der Waals surface area (Å²) in [5.74, 6) is -0.215. The lowest BCUT2D eigenvalue weighted by molar-refractivity contribution is -0.690. The molecule has 7 heteroatoms. The highest BCUT2D eigenvalue weighted by molar-refractivity contribution is 7.89. The Morgan fingerprint density at radius 1 is 1.17 bits per heavy atom. The number of amides is 1. The minimum absolute atomic E-state index is 0.143. The fourth-order valence-corrected chi connectivity index (χ4v) is 3.17. The Labute approximate surface area is 142 Å². The summed E-state index contributed by atoms with van der Waals surface area (Å²) in [7, 11) is -0.590. The van der Waals surface area contributed by atoms with Gasteiger partial charge in [-0.15, -0.1) is 0 Å². The number of nitrogens with one attached hydrogen (secondary N) is 1. The normalized spacial score (nSPS) is 11.5. The molecule has 2 aromatic rings. The van der Waals surface area contributed by atoms with E-state index in [2.05, 4.69) is 5.32 Å². The number of carbonyl (C=O) groups is 1. The highest BCUT2D eigenvalue weighted by Gasteiger charge is 2.18. The van der Waals surface area contributed by atoms with Crippen LogP contribution in [0.25, 0.3) is 0 Å². The van der Waals surface area contributed by atoms with Crippen molar-refractivity contribution in [3.05, 3.63) is 53.9 Å². The van der Waals surface area contributed by atoms with Crippen molar-refractivity contribution >= 4 is 21.6 Å². The fourth-order valence-electron chi connectivity index (χ4n) is 2.22. The molecule has 1 heterocycles. The predicted octanol–water partition coefficient (Wildman–Crippen LogP) is 1.48. The Kier molecular flexibility index (Phi) is 5.36. The van der Waals surface area contributed by atoms with E-state index in [1.807, 2.05) is 36.7 Å². The minimum atomic E-state index is -3.53. The molecule has 1 aromatic heterocycles. The van der Waals surface area contributed by atoms with Gasteiger partial charge in [-0.1, -0.05) is 6.07 Å². The quantitative estimate of drug-likeness (QED) is 0.832. The second kappa shape index (κ2) is 7.11. The Bertz CT molecular complexity index is 861. The monoisotopic (exact) mass is 348 g/mol. The van der Waals surface area contributed by atoms with Crippen molar-refractivity contribution in [3.63, 3.8) is 0 Å². The van der Waals surface area contributed by atoms with E-state index in [4.69, 9.17) is 0 Å². The Morgan fingerprint density at radius 3 is 2.54 bits per heavy atom. The van der Waals surface area contributed by atoms with Gasteiger partial charge < -0.3 is 5.32 Å². The maximum Gasteiger partial charge on any atom is 0.290 e. The molecular weight excluding hydrogens is 326 g/mol. The van der Waals surface area contributed by atoms with Crippen LogP contribution in [0, 0.1) is 13.8 Å². The van der Waals surface area contributed by atoms with Gasteiger partial charge in [0, 0.05) is 38.3 Å². The summed E-state index contributed by atoms with van der Waals surface area (Å²) in [6.07, 6.45) is 1.84. The maximum atomic E-state index is 12.2. The van der Waals surface area contributed by atoms with Crippen LogP contribution in [0.5, 0.6) is 0 Å². The third-order valence-electron chi connectivity index (χ3n) is 3.82. The molecule has 6 nitrogen and oxygen atoms in total. The summed E-state index contributed by atoms with van der Waals surface area (Å²) < 4.78 is 27.3. The first-order valence-electron chi connectivity index (χ1n) is 7.50. The van der Waals surface area contributed by atoms with E-state index >= 15 is 0 Å². The third-order valence-corrected chi connectivity index (χ3v) is 5.64. The molecule has 1 aromatic carbocycles. The SMILES string of the molecule is Cc1ccc[n+](CC(=O)Nc2cccc(S(=O)(=O)N(C)C)c2)c1C. The molecule has 0 saturated carbocycles.